The predicted octanol–water partition coefficient (Wildman–Crippen LogP) is 4.98. The number of benzene rings is 2. The number of likely N-dealkylation sites (N-methyl/N-ethyl adjacent to an activating group) is 1. The monoisotopic (exact) mass is 426 g/mol. The molecule has 2 heterocycles. The van der Waals surface area contributed by atoms with Crippen molar-refractivity contribution in [3.8, 4) is 0 Å². The van der Waals surface area contributed by atoms with Crippen molar-refractivity contribution in [1.82, 2.24) is 19.4 Å². The Balaban J connectivity index is 1.68. The van der Waals surface area contributed by atoms with Crippen LogP contribution in [0.2, 0.25) is 0 Å². The number of hydrogen-bond donors (Lipinski definition) is 1. The van der Waals surface area contributed by atoms with Crippen LogP contribution in [0, 0.1) is 0 Å². The minimum Gasteiger partial charge on any atom is -0.360 e. The first-order valence-electron chi connectivity index (χ1n) is 9.76. The molecule has 0 fully saturated rings. The molecule has 8 heteroatoms. The largest absolute Gasteiger partial charge is 0.406 e. The number of ketones is 1. The molecular weight excluding hydrogens is 405 g/mol. The number of hydrogen-bond acceptors (Lipinski definition) is 3. The maximum atomic E-state index is 13.6. The fourth-order valence-corrected chi connectivity index (χ4v) is 3.81. The topological polar surface area (TPSA) is 53.9 Å². The molecule has 160 valence electrons. The van der Waals surface area contributed by atoms with Gasteiger partial charge < -0.3 is 9.55 Å². The molecule has 0 spiro atoms. The highest BCUT2D eigenvalue weighted by Gasteiger charge is 2.31. The maximum Gasteiger partial charge on any atom is 0.406 e. The third-order valence-corrected chi connectivity index (χ3v) is 5.20. The molecule has 0 aliphatic rings. The number of H-pyrrole nitrogens is 1. The standard InChI is InChI=1S/C23H21F3N4O/c1-29(14-20-27-11-12-30(20)15-23(24,25)26)21(16-7-3-2-4-8-16)22(31)18-13-28-19-10-6-5-9-17(18)19/h2-13,21,28H,14-15H2,1H3. The first kappa shape index (κ1) is 20.9. The molecule has 0 saturated heterocycles. The van der Waals surface area contributed by atoms with Crippen molar-refractivity contribution in [3.05, 3.63) is 90.1 Å². The van der Waals surface area contributed by atoms with Gasteiger partial charge in [-0.15, -0.1) is 0 Å². The zero-order chi connectivity index (χ0) is 22.0. The number of nitrogens with one attached hydrogen (secondary N) is 1. The summed E-state index contributed by atoms with van der Waals surface area (Å²) in [5.41, 5.74) is 2.14. The molecule has 0 aliphatic carbocycles. The summed E-state index contributed by atoms with van der Waals surface area (Å²) in [6.07, 6.45) is -0.0301. The maximum absolute atomic E-state index is 13.6. The van der Waals surface area contributed by atoms with Crippen LogP contribution in [0.25, 0.3) is 10.9 Å². The number of aromatic amines is 1. The molecular formula is C23H21F3N4O. The van der Waals surface area contributed by atoms with Gasteiger partial charge in [-0.3, -0.25) is 9.69 Å². The number of halogens is 3. The van der Waals surface area contributed by atoms with E-state index in [0.29, 0.717) is 5.56 Å². The molecule has 4 aromatic rings. The van der Waals surface area contributed by atoms with Crippen molar-refractivity contribution < 1.29 is 18.0 Å². The summed E-state index contributed by atoms with van der Waals surface area (Å²) in [5.74, 6) is 0.104. The van der Waals surface area contributed by atoms with Gasteiger partial charge in [-0.2, -0.15) is 13.2 Å². The summed E-state index contributed by atoms with van der Waals surface area (Å²) < 4.78 is 39.8. The van der Waals surface area contributed by atoms with Crippen molar-refractivity contribution in [2.24, 2.45) is 0 Å². The summed E-state index contributed by atoms with van der Waals surface area (Å²) >= 11 is 0. The molecule has 2 aromatic carbocycles. The van der Waals surface area contributed by atoms with Crippen LogP contribution in [0.3, 0.4) is 0 Å². The van der Waals surface area contributed by atoms with Gasteiger partial charge in [0.25, 0.3) is 0 Å². The van der Waals surface area contributed by atoms with E-state index >= 15 is 0 Å². The highest BCUT2D eigenvalue weighted by Crippen LogP contribution is 2.29. The average molecular weight is 426 g/mol. The Morgan fingerprint density at radius 2 is 1.84 bits per heavy atom. The van der Waals surface area contributed by atoms with Gasteiger partial charge >= 0.3 is 6.18 Å². The Hall–Kier alpha value is -3.39. The van der Waals surface area contributed by atoms with E-state index in [9.17, 15) is 18.0 Å². The van der Waals surface area contributed by atoms with Gasteiger partial charge in [-0.1, -0.05) is 48.5 Å². The van der Waals surface area contributed by atoms with Crippen LogP contribution in [-0.4, -0.2) is 38.4 Å². The molecule has 4 rings (SSSR count). The van der Waals surface area contributed by atoms with Crippen molar-refractivity contribution >= 4 is 16.7 Å². The van der Waals surface area contributed by atoms with E-state index in [-0.39, 0.29) is 18.2 Å². The Labute approximate surface area is 177 Å². The lowest BCUT2D eigenvalue weighted by molar-refractivity contribution is -0.141. The minimum atomic E-state index is -4.35. The number of rotatable bonds is 7. The van der Waals surface area contributed by atoms with Crippen LogP contribution in [-0.2, 0) is 13.1 Å². The molecule has 0 saturated carbocycles. The van der Waals surface area contributed by atoms with E-state index in [2.05, 4.69) is 9.97 Å². The highest BCUT2D eigenvalue weighted by molar-refractivity contribution is 6.10. The van der Waals surface area contributed by atoms with Crippen LogP contribution < -0.4 is 0 Å². The fourth-order valence-electron chi connectivity index (χ4n) is 3.81. The van der Waals surface area contributed by atoms with Crippen molar-refractivity contribution in [2.75, 3.05) is 7.05 Å². The van der Waals surface area contributed by atoms with Crippen molar-refractivity contribution in [3.63, 3.8) is 0 Å². The number of nitrogens with zero attached hydrogens (tertiary/aromatic N) is 3. The van der Waals surface area contributed by atoms with Crippen LogP contribution in [0.5, 0.6) is 0 Å². The summed E-state index contributed by atoms with van der Waals surface area (Å²) in [5, 5.41) is 0.806. The van der Waals surface area contributed by atoms with Crippen LogP contribution >= 0.6 is 0 Å². The molecule has 0 radical (unpaired) electrons. The number of imidazole rings is 1. The first-order chi connectivity index (χ1) is 14.8. The lowest BCUT2D eigenvalue weighted by Gasteiger charge is -2.27. The Morgan fingerprint density at radius 1 is 1.13 bits per heavy atom. The average Bonchev–Trinajstić information content (AvgIpc) is 3.34. The molecule has 0 amide bonds. The second kappa shape index (κ2) is 8.39. The van der Waals surface area contributed by atoms with Crippen molar-refractivity contribution in [2.45, 2.75) is 25.3 Å². The van der Waals surface area contributed by atoms with Crippen LogP contribution in [0.4, 0.5) is 13.2 Å². The van der Waals surface area contributed by atoms with Gasteiger partial charge in [0.2, 0.25) is 0 Å². The van der Waals surface area contributed by atoms with E-state index in [0.717, 1.165) is 21.0 Å². The first-order valence-corrected chi connectivity index (χ1v) is 9.76. The molecule has 2 aromatic heterocycles. The highest BCUT2D eigenvalue weighted by atomic mass is 19.4. The van der Waals surface area contributed by atoms with Gasteiger partial charge in [0.15, 0.2) is 5.78 Å². The molecule has 0 bridgehead atoms. The van der Waals surface area contributed by atoms with E-state index in [4.69, 9.17) is 0 Å². The molecule has 31 heavy (non-hydrogen) atoms. The van der Waals surface area contributed by atoms with E-state index in [1.54, 1.807) is 18.1 Å². The second-order valence-corrected chi connectivity index (χ2v) is 7.43. The quantitative estimate of drug-likeness (QED) is 0.424. The zero-order valence-electron chi connectivity index (χ0n) is 16.8. The molecule has 1 unspecified atom stereocenters. The van der Waals surface area contributed by atoms with Crippen LogP contribution in [0.1, 0.15) is 27.8 Å². The van der Waals surface area contributed by atoms with E-state index in [1.807, 2.05) is 54.6 Å². The number of para-hydroxylation sites is 1. The number of carbonyl (C=O) groups excluding carboxylic acids is 1. The predicted molar refractivity (Wildman–Crippen MR) is 112 cm³/mol. The van der Waals surface area contributed by atoms with E-state index in [1.165, 1.54) is 12.4 Å². The molecule has 1 N–H and O–H groups in total. The summed E-state index contributed by atoms with van der Waals surface area (Å²) in [6, 6.07) is 16.0. The summed E-state index contributed by atoms with van der Waals surface area (Å²) in [4.78, 5) is 22.6. The summed E-state index contributed by atoms with van der Waals surface area (Å²) in [6.45, 7) is -1.04. The number of carbonyl (C=O) groups is 1. The molecule has 0 aliphatic heterocycles. The number of aromatic nitrogens is 3. The SMILES string of the molecule is CN(Cc1nccn1CC(F)(F)F)C(C(=O)c1c[nH]c2ccccc12)c1ccccc1. The van der Waals surface area contributed by atoms with Gasteiger partial charge in [0.1, 0.15) is 12.4 Å². The normalized spacial score (nSPS) is 13.1. The van der Waals surface area contributed by atoms with Crippen LogP contribution in [0.15, 0.2) is 73.2 Å². The molecule has 1 atom stereocenters. The molecule has 5 nitrogen and oxygen atoms in total. The van der Waals surface area contributed by atoms with Gasteiger partial charge in [0.05, 0.1) is 12.6 Å². The van der Waals surface area contributed by atoms with Gasteiger partial charge in [-0.25, -0.2) is 4.98 Å². The van der Waals surface area contributed by atoms with Gasteiger partial charge in [0, 0.05) is 35.1 Å². The lowest BCUT2D eigenvalue weighted by Crippen LogP contribution is -2.32. The Morgan fingerprint density at radius 3 is 2.58 bits per heavy atom. The number of fused-ring (bicyclic) bond motifs is 1. The summed E-state index contributed by atoms with van der Waals surface area (Å²) in [7, 11) is 1.72. The Bertz CT molecular complexity index is 1180. The lowest BCUT2D eigenvalue weighted by atomic mass is 9.96. The smallest absolute Gasteiger partial charge is 0.360 e. The van der Waals surface area contributed by atoms with Crippen molar-refractivity contribution in [1.29, 1.82) is 0 Å². The minimum absolute atomic E-state index is 0.0801. The number of alkyl halides is 3. The Kier molecular flexibility index (Phi) is 5.65. The zero-order valence-corrected chi connectivity index (χ0v) is 16.8. The van der Waals surface area contributed by atoms with Gasteiger partial charge in [-0.05, 0) is 18.7 Å². The fraction of sp³-hybridized carbons (Fsp3) is 0.217. The number of Topliss-reactive ketones (excluding diaryl/α,β-unsaturated/α-hetero) is 1. The second-order valence-electron chi connectivity index (χ2n) is 7.43. The third kappa shape index (κ3) is 4.54. The third-order valence-electron chi connectivity index (χ3n) is 5.20. The van der Waals surface area contributed by atoms with E-state index < -0.39 is 18.8 Å².